The van der Waals surface area contributed by atoms with E-state index in [0.29, 0.717) is 28.5 Å². The van der Waals surface area contributed by atoms with E-state index >= 15 is 0 Å². The molecule has 4 aromatic rings. The van der Waals surface area contributed by atoms with Crippen LogP contribution in [0.2, 0.25) is 0 Å². The summed E-state index contributed by atoms with van der Waals surface area (Å²) in [6.45, 7) is 1.64. The summed E-state index contributed by atoms with van der Waals surface area (Å²) in [6.07, 6.45) is -0.672. The number of aromatic nitrogens is 2. The summed E-state index contributed by atoms with van der Waals surface area (Å²) in [4.78, 5) is 32.9. The molecule has 1 atom stereocenters. The van der Waals surface area contributed by atoms with Crippen LogP contribution < -0.4 is 15.4 Å². The normalized spacial score (nSPS) is 15.2. The highest BCUT2D eigenvalue weighted by Gasteiger charge is 2.28. The van der Waals surface area contributed by atoms with Gasteiger partial charge in [-0.3, -0.25) is 9.59 Å². The number of rotatable bonds is 3. The minimum atomic E-state index is -0.672. The Hall–Kier alpha value is -4.13. The van der Waals surface area contributed by atoms with Gasteiger partial charge in [-0.15, -0.1) is 0 Å². The standard InChI is InChI=1S/C23H18N4O3/c1-13-22(28)27-19-12-6-8-15(20(19)30-13)23(29)26-16-9-3-2-7-14(16)21-24-17-10-4-5-11-18(17)25-21/h2-13H,1H3,(H,24,25)(H,26,29)(H,27,28). The van der Waals surface area contributed by atoms with E-state index in [0.717, 1.165) is 16.6 Å². The molecule has 0 spiro atoms. The third kappa shape index (κ3) is 3.06. The molecule has 2 heterocycles. The first-order valence-corrected chi connectivity index (χ1v) is 9.56. The molecule has 148 valence electrons. The van der Waals surface area contributed by atoms with Crippen LogP contribution in [0.25, 0.3) is 22.4 Å². The Bertz CT molecular complexity index is 1260. The second kappa shape index (κ2) is 7.04. The fraction of sp³-hybridized carbons (Fsp3) is 0.0870. The van der Waals surface area contributed by atoms with E-state index in [1.54, 1.807) is 25.1 Å². The lowest BCUT2D eigenvalue weighted by Gasteiger charge is -2.25. The van der Waals surface area contributed by atoms with Gasteiger partial charge < -0.3 is 20.4 Å². The van der Waals surface area contributed by atoms with E-state index in [9.17, 15) is 9.59 Å². The molecule has 7 nitrogen and oxygen atoms in total. The first-order chi connectivity index (χ1) is 14.6. The maximum Gasteiger partial charge on any atom is 0.265 e. The van der Waals surface area contributed by atoms with Gasteiger partial charge in [0.25, 0.3) is 11.8 Å². The van der Waals surface area contributed by atoms with Gasteiger partial charge in [0.2, 0.25) is 0 Å². The van der Waals surface area contributed by atoms with Crippen LogP contribution in [0, 0.1) is 0 Å². The number of carbonyl (C=O) groups is 2. The highest BCUT2D eigenvalue weighted by molar-refractivity contribution is 6.10. The summed E-state index contributed by atoms with van der Waals surface area (Å²) in [5.74, 6) is 0.455. The molecule has 0 fully saturated rings. The van der Waals surface area contributed by atoms with Gasteiger partial charge in [-0.05, 0) is 43.3 Å². The SMILES string of the molecule is CC1Oc2c(cccc2C(=O)Nc2ccccc2-c2nc3ccccc3[nH]2)NC1=O. The predicted octanol–water partition coefficient (Wildman–Crippen LogP) is 4.20. The molecule has 3 aromatic carbocycles. The van der Waals surface area contributed by atoms with Crippen LogP contribution in [0.15, 0.2) is 66.7 Å². The second-order valence-electron chi connectivity index (χ2n) is 7.03. The van der Waals surface area contributed by atoms with Crippen molar-refractivity contribution < 1.29 is 14.3 Å². The van der Waals surface area contributed by atoms with E-state index in [1.165, 1.54) is 0 Å². The topological polar surface area (TPSA) is 96.1 Å². The van der Waals surface area contributed by atoms with Crippen molar-refractivity contribution in [3.05, 3.63) is 72.3 Å². The number of hydrogen-bond donors (Lipinski definition) is 3. The number of nitrogens with one attached hydrogen (secondary N) is 3. The monoisotopic (exact) mass is 398 g/mol. The van der Waals surface area contributed by atoms with Crippen LogP contribution in [0.4, 0.5) is 11.4 Å². The Morgan fingerprint density at radius 2 is 1.83 bits per heavy atom. The molecular weight excluding hydrogens is 380 g/mol. The van der Waals surface area contributed by atoms with Gasteiger partial charge in [-0.1, -0.05) is 30.3 Å². The lowest BCUT2D eigenvalue weighted by Crippen LogP contribution is -2.35. The van der Waals surface area contributed by atoms with E-state index in [1.807, 2.05) is 48.5 Å². The summed E-state index contributed by atoms with van der Waals surface area (Å²) in [5.41, 5.74) is 3.99. The largest absolute Gasteiger partial charge is 0.478 e. The number of nitrogens with zero attached hydrogens (tertiary/aromatic N) is 1. The van der Waals surface area contributed by atoms with Crippen LogP contribution in [0.1, 0.15) is 17.3 Å². The minimum absolute atomic E-state index is 0.240. The number of benzene rings is 3. The summed E-state index contributed by atoms with van der Waals surface area (Å²) >= 11 is 0. The number of anilines is 2. The van der Waals surface area contributed by atoms with Crippen molar-refractivity contribution in [2.75, 3.05) is 10.6 Å². The lowest BCUT2D eigenvalue weighted by atomic mass is 10.1. The number of ether oxygens (including phenoxy) is 1. The molecule has 0 bridgehead atoms. The summed E-state index contributed by atoms with van der Waals surface area (Å²) in [7, 11) is 0. The van der Waals surface area contributed by atoms with Crippen molar-refractivity contribution in [3.8, 4) is 17.1 Å². The summed E-state index contributed by atoms with van der Waals surface area (Å²) < 4.78 is 5.70. The molecule has 0 radical (unpaired) electrons. The molecule has 1 aliphatic heterocycles. The average Bonchev–Trinajstić information content (AvgIpc) is 3.18. The first-order valence-electron chi connectivity index (χ1n) is 9.56. The van der Waals surface area contributed by atoms with Crippen molar-refractivity contribution in [2.45, 2.75) is 13.0 Å². The van der Waals surface area contributed by atoms with Gasteiger partial charge in [-0.25, -0.2) is 4.98 Å². The number of H-pyrrole nitrogens is 1. The number of amides is 2. The van der Waals surface area contributed by atoms with Crippen molar-refractivity contribution in [2.24, 2.45) is 0 Å². The van der Waals surface area contributed by atoms with Crippen molar-refractivity contribution in [1.82, 2.24) is 9.97 Å². The number of carbonyl (C=O) groups excluding carboxylic acids is 2. The van der Waals surface area contributed by atoms with Crippen molar-refractivity contribution in [3.63, 3.8) is 0 Å². The van der Waals surface area contributed by atoms with Gasteiger partial charge in [0.05, 0.1) is 28.0 Å². The van der Waals surface area contributed by atoms with Gasteiger partial charge in [0, 0.05) is 5.56 Å². The summed E-state index contributed by atoms with van der Waals surface area (Å²) in [6, 6.07) is 20.3. The third-order valence-corrected chi connectivity index (χ3v) is 5.00. The molecule has 0 saturated heterocycles. The van der Waals surface area contributed by atoms with Gasteiger partial charge in [-0.2, -0.15) is 0 Å². The Labute approximate surface area is 172 Å². The molecule has 1 unspecified atom stereocenters. The molecule has 0 saturated carbocycles. The number of aromatic amines is 1. The molecule has 1 aromatic heterocycles. The molecule has 7 heteroatoms. The molecule has 30 heavy (non-hydrogen) atoms. The van der Waals surface area contributed by atoms with E-state index in [2.05, 4.69) is 20.6 Å². The number of para-hydroxylation sites is 4. The van der Waals surface area contributed by atoms with E-state index in [4.69, 9.17) is 4.74 Å². The van der Waals surface area contributed by atoms with Crippen molar-refractivity contribution >= 4 is 34.2 Å². The van der Waals surface area contributed by atoms with E-state index in [-0.39, 0.29) is 11.8 Å². The molecule has 3 N–H and O–H groups in total. The molecule has 2 amide bonds. The Morgan fingerprint density at radius 3 is 2.70 bits per heavy atom. The van der Waals surface area contributed by atoms with Crippen LogP contribution in [0.5, 0.6) is 5.75 Å². The van der Waals surface area contributed by atoms with Crippen LogP contribution >= 0.6 is 0 Å². The predicted molar refractivity (Wildman–Crippen MR) is 115 cm³/mol. The Balaban J connectivity index is 1.50. The summed E-state index contributed by atoms with van der Waals surface area (Å²) in [5, 5.41) is 5.72. The smallest absolute Gasteiger partial charge is 0.265 e. The fourth-order valence-corrected chi connectivity index (χ4v) is 3.47. The molecular formula is C23H18N4O3. The van der Waals surface area contributed by atoms with Crippen LogP contribution in [-0.4, -0.2) is 27.9 Å². The lowest BCUT2D eigenvalue weighted by molar-refractivity contribution is -0.122. The Kier molecular flexibility index (Phi) is 4.21. The zero-order chi connectivity index (χ0) is 20.7. The number of fused-ring (bicyclic) bond motifs is 2. The second-order valence-corrected chi connectivity index (χ2v) is 7.03. The number of hydrogen-bond acceptors (Lipinski definition) is 4. The highest BCUT2D eigenvalue weighted by Crippen LogP contribution is 2.34. The van der Waals surface area contributed by atoms with Crippen LogP contribution in [0.3, 0.4) is 0 Å². The van der Waals surface area contributed by atoms with Crippen LogP contribution in [-0.2, 0) is 4.79 Å². The molecule has 5 rings (SSSR count). The number of imidazole rings is 1. The van der Waals surface area contributed by atoms with E-state index < -0.39 is 6.10 Å². The molecule has 0 aliphatic carbocycles. The molecule has 1 aliphatic rings. The maximum absolute atomic E-state index is 13.1. The average molecular weight is 398 g/mol. The minimum Gasteiger partial charge on any atom is -0.478 e. The highest BCUT2D eigenvalue weighted by atomic mass is 16.5. The zero-order valence-electron chi connectivity index (χ0n) is 16.1. The Morgan fingerprint density at radius 1 is 1.03 bits per heavy atom. The van der Waals surface area contributed by atoms with Crippen molar-refractivity contribution in [1.29, 1.82) is 0 Å². The van der Waals surface area contributed by atoms with Gasteiger partial charge >= 0.3 is 0 Å². The maximum atomic E-state index is 13.1. The third-order valence-electron chi connectivity index (χ3n) is 5.00. The van der Waals surface area contributed by atoms with Gasteiger partial charge in [0.15, 0.2) is 11.9 Å². The quantitative estimate of drug-likeness (QED) is 0.482. The first kappa shape index (κ1) is 17.9. The fourth-order valence-electron chi connectivity index (χ4n) is 3.47. The zero-order valence-corrected chi connectivity index (χ0v) is 16.1. The van der Waals surface area contributed by atoms with Gasteiger partial charge in [0.1, 0.15) is 5.82 Å².